The molecule has 0 aliphatic carbocycles. The Morgan fingerprint density at radius 3 is 2.44 bits per heavy atom. The van der Waals surface area contributed by atoms with Crippen molar-refractivity contribution in [2.24, 2.45) is 0 Å². The van der Waals surface area contributed by atoms with E-state index in [9.17, 15) is 23.1 Å². The summed E-state index contributed by atoms with van der Waals surface area (Å²) in [4.78, 5) is 16.4. The number of methoxy groups -OCH3 is 1. The molecule has 0 aliphatic rings. The van der Waals surface area contributed by atoms with E-state index < -0.39 is 29.0 Å². The highest BCUT2D eigenvalue weighted by molar-refractivity contribution is 6.39. The minimum atomic E-state index is -4.94. The van der Waals surface area contributed by atoms with Gasteiger partial charge in [-0.15, -0.1) is 0 Å². The molecule has 0 saturated heterocycles. The minimum Gasteiger partial charge on any atom is -0.504 e. The van der Waals surface area contributed by atoms with Gasteiger partial charge in [-0.25, -0.2) is 0 Å². The zero-order valence-corrected chi connectivity index (χ0v) is 14.8. The molecule has 3 aromatic rings. The van der Waals surface area contributed by atoms with E-state index in [1.807, 2.05) is 0 Å². The summed E-state index contributed by atoms with van der Waals surface area (Å²) in [7, 11) is 1.21. The third-order valence-corrected chi connectivity index (χ3v) is 4.10. The molecular formula is C15H9Cl2F3N4O3. The summed E-state index contributed by atoms with van der Waals surface area (Å²) < 4.78 is 44.9. The molecule has 3 rings (SSSR count). The molecule has 1 amide bonds. The van der Waals surface area contributed by atoms with E-state index in [1.54, 1.807) is 0 Å². The minimum absolute atomic E-state index is 0.0161. The summed E-state index contributed by atoms with van der Waals surface area (Å²) in [6, 6.07) is 2.40. The van der Waals surface area contributed by atoms with Crippen LogP contribution < -0.4 is 10.1 Å². The van der Waals surface area contributed by atoms with E-state index in [0.717, 1.165) is 0 Å². The summed E-state index contributed by atoms with van der Waals surface area (Å²) >= 11 is 11.8. The van der Waals surface area contributed by atoms with Crippen LogP contribution in [0.5, 0.6) is 11.6 Å². The molecule has 142 valence electrons. The van der Waals surface area contributed by atoms with Crippen molar-refractivity contribution in [1.29, 1.82) is 0 Å². The number of pyridine rings is 2. The van der Waals surface area contributed by atoms with E-state index in [-0.39, 0.29) is 27.2 Å². The van der Waals surface area contributed by atoms with Crippen LogP contribution in [0.2, 0.25) is 10.0 Å². The van der Waals surface area contributed by atoms with Gasteiger partial charge in [0, 0.05) is 18.5 Å². The Labute approximate surface area is 159 Å². The van der Waals surface area contributed by atoms with Gasteiger partial charge in [-0.3, -0.25) is 9.78 Å². The molecule has 0 aromatic carbocycles. The fourth-order valence-electron chi connectivity index (χ4n) is 2.36. The van der Waals surface area contributed by atoms with Crippen LogP contribution in [0.3, 0.4) is 0 Å². The average Bonchev–Trinajstić information content (AvgIpc) is 2.95. The lowest BCUT2D eigenvalue weighted by molar-refractivity contribution is -0.142. The van der Waals surface area contributed by atoms with Crippen molar-refractivity contribution in [3.05, 3.63) is 45.8 Å². The van der Waals surface area contributed by atoms with Gasteiger partial charge in [0.2, 0.25) is 11.6 Å². The summed E-state index contributed by atoms with van der Waals surface area (Å²) in [5.74, 6) is -2.20. The van der Waals surface area contributed by atoms with E-state index in [0.29, 0.717) is 4.52 Å². The molecule has 0 fully saturated rings. The molecule has 0 aliphatic heterocycles. The smallest absolute Gasteiger partial charge is 0.438 e. The first kappa shape index (κ1) is 19.1. The molecule has 3 aromatic heterocycles. The van der Waals surface area contributed by atoms with Gasteiger partial charge in [-0.1, -0.05) is 23.2 Å². The molecule has 12 heteroatoms. The third kappa shape index (κ3) is 3.33. The van der Waals surface area contributed by atoms with Gasteiger partial charge in [0.1, 0.15) is 5.52 Å². The van der Waals surface area contributed by atoms with Crippen LogP contribution in [-0.2, 0) is 6.18 Å². The Kier molecular flexibility index (Phi) is 4.79. The Hall–Kier alpha value is -2.72. The molecule has 0 saturated carbocycles. The number of carbonyl (C=O) groups excluding carboxylic acids is 1. The van der Waals surface area contributed by atoms with E-state index in [4.69, 9.17) is 27.9 Å². The molecule has 0 bridgehead atoms. The van der Waals surface area contributed by atoms with Crippen LogP contribution in [0.25, 0.3) is 5.52 Å². The SMILES string of the molecule is COc1ccc(C(=O)Nc2c(Cl)cncc2Cl)c2c(O)c(C(F)(F)F)nn12. The maximum atomic E-state index is 13.1. The number of hydrogen-bond acceptors (Lipinski definition) is 5. The standard InChI is InChI=1S/C15H9Cl2F3N4O3/c1-27-9-3-2-6(11-12(25)13(15(18,19)20)23-24(9)11)14(26)22-10-7(16)4-21-5-8(10)17/h2-5,25H,1H3,(H,21,22,26). The van der Waals surface area contributed by atoms with Gasteiger partial charge in [0.05, 0.1) is 28.4 Å². The van der Waals surface area contributed by atoms with Crippen LogP contribution in [-0.4, -0.2) is 32.7 Å². The molecule has 7 nitrogen and oxygen atoms in total. The van der Waals surface area contributed by atoms with Crippen molar-refractivity contribution in [3.63, 3.8) is 0 Å². The lowest BCUT2D eigenvalue weighted by Crippen LogP contribution is -2.14. The Balaban J connectivity index is 2.17. The number of aromatic nitrogens is 3. The largest absolute Gasteiger partial charge is 0.504 e. The highest BCUT2D eigenvalue weighted by Gasteiger charge is 2.40. The number of nitrogens with zero attached hydrogens (tertiary/aromatic N) is 3. The summed E-state index contributed by atoms with van der Waals surface area (Å²) in [6.45, 7) is 0. The number of aromatic hydroxyl groups is 1. The van der Waals surface area contributed by atoms with Crippen LogP contribution >= 0.6 is 23.2 Å². The summed E-state index contributed by atoms with van der Waals surface area (Å²) in [5.41, 5.74) is -2.33. The van der Waals surface area contributed by atoms with Crippen molar-refractivity contribution in [3.8, 4) is 11.6 Å². The fraction of sp³-hybridized carbons (Fsp3) is 0.133. The lowest BCUT2D eigenvalue weighted by atomic mass is 10.2. The third-order valence-electron chi connectivity index (χ3n) is 3.53. The van der Waals surface area contributed by atoms with Gasteiger partial charge in [0.25, 0.3) is 5.91 Å². The second-order valence-electron chi connectivity index (χ2n) is 5.18. The van der Waals surface area contributed by atoms with Crippen molar-refractivity contribution in [1.82, 2.24) is 14.6 Å². The predicted octanol–water partition coefficient (Wildman–Crippen LogP) is 4.02. The normalized spacial score (nSPS) is 11.6. The second kappa shape index (κ2) is 6.78. The summed E-state index contributed by atoms with van der Waals surface area (Å²) in [6.07, 6.45) is -2.48. The first-order valence-electron chi connectivity index (χ1n) is 7.11. The maximum absolute atomic E-state index is 13.1. The molecule has 0 spiro atoms. The number of alkyl halides is 3. The Morgan fingerprint density at radius 1 is 1.26 bits per heavy atom. The number of carbonyl (C=O) groups is 1. The van der Waals surface area contributed by atoms with Crippen LogP contribution in [0.15, 0.2) is 24.5 Å². The fourth-order valence-corrected chi connectivity index (χ4v) is 2.81. The molecule has 0 unspecified atom stereocenters. The van der Waals surface area contributed by atoms with Crippen molar-refractivity contribution >= 4 is 40.3 Å². The Bertz CT molecular complexity index is 1030. The number of amides is 1. The van der Waals surface area contributed by atoms with Crippen LogP contribution in [0, 0.1) is 0 Å². The molecular weight excluding hydrogens is 412 g/mol. The topological polar surface area (TPSA) is 88.8 Å². The molecule has 0 atom stereocenters. The molecule has 27 heavy (non-hydrogen) atoms. The second-order valence-corrected chi connectivity index (χ2v) is 5.99. The highest BCUT2D eigenvalue weighted by Crippen LogP contribution is 2.40. The van der Waals surface area contributed by atoms with Crippen molar-refractivity contribution < 1.29 is 27.8 Å². The number of rotatable bonds is 3. The maximum Gasteiger partial charge on any atom is 0.438 e. The zero-order chi connectivity index (χ0) is 19.9. The first-order chi connectivity index (χ1) is 12.6. The van der Waals surface area contributed by atoms with Crippen LogP contribution in [0.4, 0.5) is 18.9 Å². The van der Waals surface area contributed by atoms with Gasteiger partial charge in [-0.2, -0.15) is 22.8 Å². The van der Waals surface area contributed by atoms with Crippen molar-refractivity contribution in [2.75, 3.05) is 12.4 Å². The van der Waals surface area contributed by atoms with Gasteiger partial charge in [0.15, 0.2) is 5.75 Å². The number of nitrogens with one attached hydrogen (secondary N) is 1. The van der Waals surface area contributed by atoms with E-state index in [2.05, 4.69) is 15.4 Å². The van der Waals surface area contributed by atoms with Gasteiger partial charge >= 0.3 is 6.18 Å². The lowest BCUT2D eigenvalue weighted by Gasteiger charge is -2.11. The van der Waals surface area contributed by atoms with E-state index >= 15 is 0 Å². The van der Waals surface area contributed by atoms with Gasteiger partial charge < -0.3 is 15.2 Å². The first-order valence-corrected chi connectivity index (χ1v) is 7.87. The number of halogens is 5. The molecule has 3 heterocycles. The van der Waals surface area contributed by atoms with E-state index in [1.165, 1.54) is 31.6 Å². The highest BCUT2D eigenvalue weighted by atomic mass is 35.5. The molecule has 2 N–H and O–H groups in total. The number of anilines is 1. The zero-order valence-electron chi connectivity index (χ0n) is 13.3. The number of ether oxygens (including phenoxy) is 1. The monoisotopic (exact) mass is 420 g/mol. The number of hydrogen-bond donors (Lipinski definition) is 2. The number of fused-ring (bicyclic) bond motifs is 1. The van der Waals surface area contributed by atoms with Gasteiger partial charge in [-0.05, 0) is 6.07 Å². The van der Waals surface area contributed by atoms with Crippen molar-refractivity contribution in [2.45, 2.75) is 6.18 Å². The average molecular weight is 421 g/mol. The van der Waals surface area contributed by atoms with Crippen LogP contribution in [0.1, 0.15) is 16.1 Å². The molecule has 0 radical (unpaired) electrons. The quantitative estimate of drug-likeness (QED) is 0.667. The Morgan fingerprint density at radius 2 is 1.89 bits per heavy atom. The predicted molar refractivity (Wildman–Crippen MR) is 90.6 cm³/mol. The summed E-state index contributed by atoms with van der Waals surface area (Å²) in [5, 5.41) is 15.8.